The standard InChI is InChI=1S/C12H12Cl2N4O/c1-18-3-2-8(17-18)6-16-12(19)7-4-9(13)11(14)10(15)5-7/h2-5H,6,15H2,1H3,(H,16,19). The minimum atomic E-state index is -0.282. The normalized spacial score (nSPS) is 10.5. The van der Waals surface area contributed by atoms with Crippen molar-refractivity contribution in [2.24, 2.45) is 7.05 Å². The van der Waals surface area contributed by atoms with E-state index in [1.807, 2.05) is 13.1 Å². The van der Waals surface area contributed by atoms with E-state index in [0.29, 0.717) is 12.1 Å². The number of amides is 1. The lowest BCUT2D eigenvalue weighted by molar-refractivity contribution is 0.0950. The van der Waals surface area contributed by atoms with Gasteiger partial charge in [0.2, 0.25) is 0 Å². The summed E-state index contributed by atoms with van der Waals surface area (Å²) >= 11 is 11.7. The zero-order chi connectivity index (χ0) is 14.0. The average molecular weight is 299 g/mol. The molecule has 0 bridgehead atoms. The van der Waals surface area contributed by atoms with E-state index in [9.17, 15) is 4.79 Å². The van der Waals surface area contributed by atoms with E-state index < -0.39 is 0 Å². The molecule has 5 nitrogen and oxygen atoms in total. The lowest BCUT2D eigenvalue weighted by Gasteiger charge is -2.07. The van der Waals surface area contributed by atoms with Crippen LogP contribution in [0.3, 0.4) is 0 Å². The third-order valence-corrected chi connectivity index (χ3v) is 3.33. The third kappa shape index (κ3) is 3.19. The van der Waals surface area contributed by atoms with Crippen LogP contribution in [0.1, 0.15) is 16.1 Å². The first-order chi connectivity index (χ1) is 8.97. The summed E-state index contributed by atoms with van der Waals surface area (Å²) in [5, 5.41) is 7.39. The summed E-state index contributed by atoms with van der Waals surface area (Å²) in [4.78, 5) is 11.9. The molecular weight excluding hydrogens is 287 g/mol. The number of nitrogens with two attached hydrogens (primary N) is 1. The molecule has 0 fully saturated rings. The molecule has 3 N–H and O–H groups in total. The number of carbonyl (C=O) groups excluding carboxylic acids is 1. The van der Waals surface area contributed by atoms with Crippen molar-refractivity contribution in [2.75, 3.05) is 5.73 Å². The Balaban J connectivity index is 2.08. The lowest BCUT2D eigenvalue weighted by Crippen LogP contribution is -2.23. The maximum absolute atomic E-state index is 11.9. The largest absolute Gasteiger partial charge is 0.397 e. The molecule has 1 amide bonds. The molecule has 0 aliphatic heterocycles. The highest BCUT2D eigenvalue weighted by Crippen LogP contribution is 2.29. The molecule has 1 aromatic heterocycles. The number of nitrogens with one attached hydrogen (secondary N) is 1. The van der Waals surface area contributed by atoms with Gasteiger partial charge in [-0.25, -0.2) is 0 Å². The van der Waals surface area contributed by atoms with E-state index >= 15 is 0 Å². The zero-order valence-electron chi connectivity index (χ0n) is 10.2. The van der Waals surface area contributed by atoms with Gasteiger partial charge in [0.1, 0.15) is 0 Å². The number of nitrogens with zero attached hydrogens (tertiary/aromatic N) is 2. The van der Waals surface area contributed by atoms with Crippen LogP contribution < -0.4 is 11.1 Å². The van der Waals surface area contributed by atoms with Gasteiger partial charge >= 0.3 is 0 Å². The first-order valence-corrected chi connectivity index (χ1v) is 6.24. The van der Waals surface area contributed by atoms with Crippen LogP contribution in [0, 0.1) is 0 Å². The highest BCUT2D eigenvalue weighted by Gasteiger charge is 2.11. The van der Waals surface area contributed by atoms with Crippen molar-refractivity contribution in [1.29, 1.82) is 0 Å². The number of hydrogen-bond acceptors (Lipinski definition) is 3. The first kappa shape index (κ1) is 13.7. The van der Waals surface area contributed by atoms with Crippen LogP contribution in [0.25, 0.3) is 0 Å². The Morgan fingerprint density at radius 1 is 1.47 bits per heavy atom. The summed E-state index contributed by atoms with van der Waals surface area (Å²) in [5.74, 6) is -0.282. The molecule has 0 unspecified atom stereocenters. The second-order valence-corrected chi connectivity index (χ2v) is 4.81. The topological polar surface area (TPSA) is 72.9 Å². The molecule has 0 spiro atoms. The van der Waals surface area contributed by atoms with Gasteiger partial charge in [0.15, 0.2) is 0 Å². The molecule has 19 heavy (non-hydrogen) atoms. The summed E-state index contributed by atoms with van der Waals surface area (Å²) in [6, 6.07) is 4.79. The number of benzene rings is 1. The summed E-state index contributed by atoms with van der Waals surface area (Å²) in [7, 11) is 1.81. The number of anilines is 1. The fourth-order valence-corrected chi connectivity index (χ4v) is 1.91. The molecule has 0 saturated heterocycles. The zero-order valence-corrected chi connectivity index (χ0v) is 11.7. The Labute approximate surface area is 120 Å². The molecule has 1 heterocycles. The SMILES string of the molecule is Cn1ccc(CNC(=O)c2cc(N)c(Cl)c(Cl)c2)n1. The molecule has 0 radical (unpaired) electrons. The molecule has 2 aromatic rings. The van der Waals surface area contributed by atoms with Crippen LogP contribution in [0.15, 0.2) is 24.4 Å². The number of rotatable bonds is 3. The Morgan fingerprint density at radius 2 is 2.21 bits per heavy atom. The van der Waals surface area contributed by atoms with E-state index in [1.54, 1.807) is 10.9 Å². The Hall–Kier alpha value is -1.72. The van der Waals surface area contributed by atoms with E-state index in [4.69, 9.17) is 28.9 Å². The average Bonchev–Trinajstić information content (AvgIpc) is 2.78. The van der Waals surface area contributed by atoms with Gasteiger partial charge in [-0.15, -0.1) is 0 Å². The number of aromatic nitrogens is 2. The molecule has 0 aliphatic carbocycles. The predicted octanol–water partition coefficient (Wildman–Crippen LogP) is 2.24. The predicted molar refractivity (Wildman–Crippen MR) is 75.3 cm³/mol. The van der Waals surface area contributed by atoms with Crippen LogP contribution in [-0.4, -0.2) is 15.7 Å². The van der Waals surface area contributed by atoms with Crippen molar-refractivity contribution in [2.45, 2.75) is 6.54 Å². The van der Waals surface area contributed by atoms with Gasteiger partial charge in [0, 0.05) is 18.8 Å². The molecule has 0 aliphatic rings. The summed E-state index contributed by atoms with van der Waals surface area (Å²) in [6.07, 6.45) is 1.80. The summed E-state index contributed by atoms with van der Waals surface area (Å²) < 4.78 is 1.67. The van der Waals surface area contributed by atoms with Crippen LogP contribution in [0.5, 0.6) is 0 Å². The quantitative estimate of drug-likeness (QED) is 0.854. The van der Waals surface area contributed by atoms with E-state index in [0.717, 1.165) is 5.69 Å². The Kier molecular flexibility index (Phi) is 3.97. The van der Waals surface area contributed by atoms with Crippen LogP contribution in [0.2, 0.25) is 10.0 Å². The van der Waals surface area contributed by atoms with Gasteiger partial charge in [0.05, 0.1) is 28.0 Å². The van der Waals surface area contributed by atoms with Crippen molar-refractivity contribution >= 4 is 34.8 Å². The molecule has 0 atom stereocenters. The fourth-order valence-electron chi connectivity index (χ4n) is 1.57. The van der Waals surface area contributed by atoms with E-state index in [-0.39, 0.29) is 21.6 Å². The molecule has 2 rings (SSSR count). The number of carbonyl (C=O) groups is 1. The smallest absolute Gasteiger partial charge is 0.251 e. The van der Waals surface area contributed by atoms with Crippen molar-refractivity contribution in [3.63, 3.8) is 0 Å². The second-order valence-electron chi connectivity index (χ2n) is 4.02. The van der Waals surface area contributed by atoms with Crippen molar-refractivity contribution < 1.29 is 4.79 Å². The summed E-state index contributed by atoms with van der Waals surface area (Å²) in [6.45, 7) is 0.333. The van der Waals surface area contributed by atoms with Gasteiger partial charge in [0.25, 0.3) is 5.91 Å². The highest BCUT2D eigenvalue weighted by molar-refractivity contribution is 6.43. The second kappa shape index (κ2) is 5.50. The molecule has 100 valence electrons. The fraction of sp³-hybridized carbons (Fsp3) is 0.167. The van der Waals surface area contributed by atoms with Crippen LogP contribution in [0.4, 0.5) is 5.69 Å². The number of halogens is 2. The minimum absolute atomic E-state index is 0.253. The highest BCUT2D eigenvalue weighted by atomic mass is 35.5. The number of aryl methyl sites for hydroxylation is 1. The third-order valence-electron chi connectivity index (χ3n) is 2.52. The van der Waals surface area contributed by atoms with Gasteiger partial charge < -0.3 is 11.1 Å². The maximum atomic E-state index is 11.9. The number of hydrogen-bond donors (Lipinski definition) is 2. The minimum Gasteiger partial charge on any atom is -0.397 e. The van der Waals surface area contributed by atoms with Crippen molar-refractivity contribution in [1.82, 2.24) is 15.1 Å². The molecule has 7 heteroatoms. The van der Waals surface area contributed by atoms with Crippen molar-refractivity contribution in [3.05, 3.63) is 45.7 Å². The molecule has 0 saturated carbocycles. The molecule has 1 aromatic carbocycles. The maximum Gasteiger partial charge on any atom is 0.251 e. The van der Waals surface area contributed by atoms with Gasteiger partial charge in [-0.1, -0.05) is 23.2 Å². The van der Waals surface area contributed by atoms with Gasteiger partial charge in [-0.2, -0.15) is 5.10 Å². The van der Waals surface area contributed by atoms with Crippen molar-refractivity contribution in [3.8, 4) is 0 Å². The Morgan fingerprint density at radius 3 is 2.79 bits per heavy atom. The lowest BCUT2D eigenvalue weighted by atomic mass is 10.2. The first-order valence-electron chi connectivity index (χ1n) is 5.48. The summed E-state index contributed by atoms with van der Waals surface area (Å²) in [5.41, 5.74) is 7.06. The van der Waals surface area contributed by atoms with Gasteiger partial charge in [-0.05, 0) is 18.2 Å². The Bertz CT molecular complexity index is 601. The monoisotopic (exact) mass is 298 g/mol. The van der Waals surface area contributed by atoms with E-state index in [2.05, 4.69) is 10.4 Å². The molecular formula is C12H12Cl2N4O. The van der Waals surface area contributed by atoms with Gasteiger partial charge in [-0.3, -0.25) is 9.48 Å². The van der Waals surface area contributed by atoms with Crippen LogP contribution >= 0.6 is 23.2 Å². The van der Waals surface area contributed by atoms with Crippen LogP contribution in [-0.2, 0) is 13.6 Å². The number of nitrogen functional groups attached to an aromatic ring is 1. The van der Waals surface area contributed by atoms with E-state index in [1.165, 1.54) is 12.1 Å².